The van der Waals surface area contributed by atoms with Crippen molar-refractivity contribution in [3.05, 3.63) is 47.7 Å². The number of nitrogens with one attached hydrogen (secondary N) is 3. The lowest BCUT2D eigenvalue weighted by Crippen LogP contribution is -2.51. The van der Waals surface area contributed by atoms with E-state index in [4.69, 9.17) is 4.74 Å². The van der Waals surface area contributed by atoms with Crippen molar-refractivity contribution >= 4 is 40.4 Å². The Hall–Kier alpha value is -3.95. The standard InChI is InChI=1S/C36H45N3O7/c1-35-15-13-23(40)18-22(35)7-8-25-26-9-10-30(36(26,2)16-14-27(25)35)46-33(43)12-11-31(41)38-20-32(42)39-29(34(44)45)17-21-19-37-28-6-4-3-5-24(21)28/h3-6,18-19,25-27,29-30,37H,7-17,20H2,1-2H3,(H,38,41)(H,39,42)(H,44,45). The van der Waals surface area contributed by atoms with Crippen molar-refractivity contribution in [2.75, 3.05) is 6.54 Å². The monoisotopic (exact) mass is 631 g/mol. The number of ether oxygens (including phenoxy) is 1. The number of H-pyrrole nitrogens is 1. The second-order valence-corrected chi connectivity index (χ2v) is 14.4. The molecule has 10 nitrogen and oxygen atoms in total. The highest BCUT2D eigenvalue weighted by Gasteiger charge is 2.60. The number of aromatic nitrogens is 1. The van der Waals surface area contributed by atoms with E-state index in [1.54, 1.807) is 6.20 Å². The van der Waals surface area contributed by atoms with E-state index in [2.05, 4.69) is 29.5 Å². The maximum absolute atomic E-state index is 12.9. The highest BCUT2D eigenvalue weighted by atomic mass is 16.5. The maximum atomic E-state index is 12.9. The zero-order valence-corrected chi connectivity index (χ0v) is 26.7. The van der Waals surface area contributed by atoms with E-state index in [1.807, 2.05) is 30.3 Å². The van der Waals surface area contributed by atoms with Gasteiger partial charge in [0.25, 0.3) is 0 Å². The fraction of sp³-hybridized carbons (Fsp3) is 0.583. The molecule has 2 aromatic rings. The zero-order valence-electron chi connectivity index (χ0n) is 26.7. The Morgan fingerprint density at radius 1 is 1.00 bits per heavy atom. The van der Waals surface area contributed by atoms with Gasteiger partial charge >= 0.3 is 11.9 Å². The number of fused-ring (bicyclic) bond motifs is 6. The Morgan fingerprint density at radius 3 is 2.61 bits per heavy atom. The predicted molar refractivity (Wildman–Crippen MR) is 170 cm³/mol. The van der Waals surface area contributed by atoms with Gasteiger partial charge in [-0.3, -0.25) is 19.2 Å². The Kier molecular flexibility index (Phi) is 8.83. The first-order valence-electron chi connectivity index (χ1n) is 16.7. The SMILES string of the molecule is CC12CCC(=O)C=C1CCC1C2CCC2(C)C(OC(=O)CCC(=O)NCC(=O)NC(Cc3c[nH]c4ccccc34)C(=O)O)CCC12. The molecule has 3 fully saturated rings. The van der Waals surface area contributed by atoms with Crippen LogP contribution in [0.2, 0.25) is 0 Å². The van der Waals surface area contributed by atoms with Crippen LogP contribution in [-0.2, 0) is 35.1 Å². The largest absolute Gasteiger partial charge is 0.480 e. The van der Waals surface area contributed by atoms with Crippen molar-refractivity contribution in [2.24, 2.45) is 28.6 Å². The summed E-state index contributed by atoms with van der Waals surface area (Å²) >= 11 is 0. The molecular weight excluding hydrogens is 586 g/mol. The molecule has 46 heavy (non-hydrogen) atoms. The average Bonchev–Trinajstić information content (AvgIpc) is 3.59. The summed E-state index contributed by atoms with van der Waals surface area (Å²) in [7, 11) is 0. The summed E-state index contributed by atoms with van der Waals surface area (Å²) in [4.78, 5) is 64.9. The molecule has 4 aliphatic rings. The minimum absolute atomic E-state index is 0.0880. The molecular formula is C36H45N3O7. The van der Waals surface area contributed by atoms with E-state index in [1.165, 1.54) is 5.57 Å². The van der Waals surface area contributed by atoms with Crippen LogP contribution < -0.4 is 10.6 Å². The lowest BCUT2D eigenvalue weighted by Gasteiger charge is -2.57. The van der Waals surface area contributed by atoms with Crippen LogP contribution in [0.15, 0.2) is 42.1 Å². The first-order chi connectivity index (χ1) is 22.0. The highest BCUT2D eigenvalue weighted by molar-refractivity contribution is 5.92. The molecule has 3 saturated carbocycles. The van der Waals surface area contributed by atoms with Gasteiger partial charge in [0.15, 0.2) is 5.78 Å². The molecule has 0 bridgehead atoms. The van der Waals surface area contributed by atoms with Gasteiger partial charge in [-0.2, -0.15) is 0 Å². The summed E-state index contributed by atoms with van der Waals surface area (Å²) in [5.41, 5.74) is 3.00. The Bertz CT molecular complexity index is 1580. The first kappa shape index (κ1) is 32.0. The molecule has 7 atom stereocenters. The normalized spacial score (nSPS) is 30.7. The number of aliphatic carboxylic acids is 1. The third kappa shape index (κ3) is 6.10. The van der Waals surface area contributed by atoms with Crippen molar-refractivity contribution in [3.8, 4) is 0 Å². The van der Waals surface area contributed by atoms with Crippen LogP contribution in [-0.4, -0.2) is 58.3 Å². The summed E-state index contributed by atoms with van der Waals surface area (Å²) < 4.78 is 6.02. The van der Waals surface area contributed by atoms with Gasteiger partial charge in [0, 0.05) is 41.8 Å². The number of hydrogen-bond acceptors (Lipinski definition) is 6. The quantitative estimate of drug-likeness (QED) is 0.279. The number of amides is 2. The van der Waals surface area contributed by atoms with E-state index in [0.29, 0.717) is 24.2 Å². The zero-order chi connectivity index (χ0) is 32.6. The van der Waals surface area contributed by atoms with Crippen molar-refractivity contribution in [3.63, 3.8) is 0 Å². The van der Waals surface area contributed by atoms with Gasteiger partial charge in [-0.15, -0.1) is 0 Å². The van der Waals surface area contributed by atoms with Gasteiger partial charge in [-0.1, -0.05) is 37.6 Å². The molecule has 246 valence electrons. The van der Waals surface area contributed by atoms with Crippen molar-refractivity contribution in [1.82, 2.24) is 15.6 Å². The molecule has 2 amide bonds. The molecule has 10 heteroatoms. The van der Waals surface area contributed by atoms with Crippen LogP contribution in [0.25, 0.3) is 10.9 Å². The number of esters is 1. The lowest BCUT2D eigenvalue weighted by molar-refractivity contribution is -0.160. The summed E-state index contributed by atoms with van der Waals surface area (Å²) in [6.45, 7) is 4.24. The number of carboxylic acids is 1. The number of allylic oxidation sites excluding steroid dienone is 1. The van der Waals surface area contributed by atoms with Crippen LogP contribution in [0.3, 0.4) is 0 Å². The molecule has 1 aromatic carbocycles. The van der Waals surface area contributed by atoms with Gasteiger partial charge in [0.2, 0.25) is 11.8 Å². The van der Waals surface area contributed by atoms with Gasteiger partial charge in [0.05, 0.1) is 13.0 Å². The van der Waals surface area contributed by atoms with Gasteiger partial charge < -0.3 is 25.5 Å². The molecule has 7 unspecified atom stereocenters. The highest BCUT2D eigenvalue weighted by Crippen LogP contribution is 2.65. The van der Waals surface area contributed by atoms with Crippen molar-refractivity contribution in [2.45, 2.75) is 96.6 Å². The topological polar surface area (TPSA) is 155 Å². The number of carboxylic acid groups (broad SMARTS) is 1. The Balaban J connectivity index is 0.955. The van der Waals surface area contributed by atoms with Crippen molar-refractivity contribution < 1.29 is 33.8 Å². The Morgan fingerprint density at radius 2 is 1.80 bits per heavy atom. The van der Waals surface area contributed by atoms with Gasteiger partial charge in [-0.05, 0) is 85.8 Å². The van der Waals surface area contributed by atoms with Crippen molar-refractivity contribution in [1.29, 1.82) is 0 Å². The number of hydrogen-bond donors (Lipinski definition) is 4. The molecule has 6 rings (SSSR count). The number of rotatable bonds is 10. The second-order valence-electron chi connectivity index (χ2n) is 14.4. The lowest BCUT2D eigenvalue weighted by atomic mass is 9.47. The van der Waals surface area contributed by atoms with E-state index < -0.39 is 29.8 Å². The number of carbonyl (C=O) groups is 5. The predicted octanol–water partition coefficient (Wildman–Crippen LogP) is 4.62. The fourth-order valence-electron chi connectivity index (χ4n) is 9.37. The number of carbonyl (C=O) groups excluding carboxylic acids is 4. The van der Waals surface area contributed by atoms with Crippen LogP contribution in [0.4, 0.5) is 0 Å². The second kappa shape index (κ2) is 12.7. The Labute approximate surface area is 269 Å². The van der Waals surface area contributed by atoms with E-state index in [9.17, 15) is 29.1 Å². The number of aromatic amines is 1. The van der Waals surface area contributed by atoms with Crippen LogP contribution >= 0.6 is 0 Å². The fourth-order valence-corrected chi connectivity index (χ4v) is 9.37. The van der Waals surface area contributed by atoms with E-state index in [-0.39, 0.29) is 48.5 Å². The molecule has 0 aliphatic heterocycles. The maximum Gasteiger partial charge on any atom is 0.326 e. The molecule has 1 aromatic heterocycles. The number of para-hydroxylation sites is 1. The smallest absolute Gasteiger partial charge is 0.326 e. The third-order valence-electron chi connectivity index (χ3n) is 11.9. The summed E-state index contributed by atoms with van der Waals surface area (Å²) in [6, 6.07) is 6.35. The molecule has 4 aliphatic carbocycles. The van der Waals surface area contributed by atoms with Gasteiger partial charge in [0.1, 0.15) is 12.1 Å². The minimum atomic E-state index is -1.17. The third-order valence-corrected chi connectivity index (χ3v) is 11.9. The van der Waals surface area contributed by atoms with Crippen LogP contribution in [0, 0.1) is 28.6 Å². The molecule has 0 saturated heterocycles. The summed E-state index contributed by atoms with van der Waals surface area (Å²) in [5, 5.41) is 15.5. The molecule has 0 spiro atoms. The van der Waals surface area contributed by atoms with Crippen LogP contribution in [0.5, 0.6) is 0 Å². The van der Waals surface area contributed by atoms with Gasteiger partial charge in [-0.25, -0.2) is 4.79 Å². The minimum Gasteiger partial charge on any atom is -0.480 e. The van der Waals surface area contributed by atoms with Crippen LogP contribution in [0.1, 0.15) is 83.6 Å². The average molecular weight is 632 g/mol. The van der Waals surface area contributed by atoms with E-state index in [0.717, 1.165) is 61.4 Å². The molecule has 1 heterocycles. The summed E-state index contributed by atoms with van der Waals surface area (Å²) in [5.74, 6) is -0.808. The summed E-state index contributed by atoms with van der Waals surface area (Å²) in [6.07, 6.45) is 10.9. The number of ketones is 1. The molecule has 4 N–H and O–H groups in total. The molecule has 0 radical (unpaired) electrons. The number of benzene rings is 1. The first-order valence-corrected chi connectivity index (χ1v) is 16.7. The van der Waals surface area contributed by atoms with E-state index >= 15 is 0 Å².